The van der Waals surface area contributed by atoms with Crippen molar-refractivity contribution in [3.63, 3.8) is 0 Å². The number of nitrogens with one attached hydrogen (secondary N) is 1. The van der Waals surface area contributed by atoms with Crippen LogP contribution in [-0.2, 0) is 0 Å². The van der Waals surface area contributed by atoms with Crippen LogP contribution in [0.25, 0.3) is 5.69 Å². The summed E-state index contributed by atoms with van der Waals surface area (Å²) >= 11 is 0. The Morgan fingerprint density at radius 3 is 2.76 bits per heavy atom. The van der Waals surface area contributed by atoms with E-state index >= 15 is 0 Å². The number of carbonyl (C=O) groups excluding carboxylic acids is 1. The summed E-state index contributed by atoms with van der Waals surface area (Å²) in [5.41, 5.74) is 1.55. The summed E-state index contributed by atoms with van der Waals surface area (Å²) in [6.45, 7) is 2.58. The summed E-state index contributed by atoms with van der Waals surface area (Å²) < 4.78 is 0. The second kappa shape index (κ2) is 8.15. The average Bonchev–Trinajstić information content (AvgIpc) is 3.28. The molecule has 1 aliphatic rings. The number of para-hydroxylation sites is 1. The summed E-state index contributed by atoms with van der Waals surface area (Å²) in [5, 5.41) is 8.32. The third-order valence-corrected chi connectivity index (χ3v) is 5.15. The number of H-pyrrole nitrogens is 1. The molecule has 7 heteroatoms. The molecule has 0 saturated carbocycles. The minimum absolute atomic E-state index is 0.0183. The van der Waals surface area contributed by atoms with Crippen molar-refractivity contribution in [2.75, 3.05) is 6.54 Å². The number of rotatable bonds is 2. The minimum Gasteiger partial charge on any atom is -0.366 e. The largest absolute Gasteiger partial charge is 0.366 e. The van der Waals surface area contributed by atoms with Gasteiger partial charge in [-0.05, 0) is 31.9 Å². The highest BCUT2D eigenvalue weighted by Crippen LogP contribution is 2.25. The Bertz CT molecular complexity index is 1120. The first-order valence-electron chi connectivity index (χ1n) is 9.59. The molecule has 0 aliphatic carbocycles. The lowest BCUT2D eigenvalue weighted by atomic mass is 9.92. The second-order valence-electron chi connectivity index (χ2n) is 7.11. The molecule has 1 fully saturated rings. The Morgan fingerprint density at radius 2 is 1.97 bits per heavy atom. The monoisotopic (exact) mass is 387 g/mol. The number of pyridine rings is 1. The second-order valence-corrected chi connectivity index (χ2v) is 7.11. The Morgan fingerprint density at radius 1 is 1.17 bits per heavy atom. The SMILES string of the molecule is C[C@@H]1CC[C@@H](C#Cc2c[nH]ccc2=O)CN1C(=O)c1ccccc1-n1nccn1. The molecular weight excluding hydrogens is 366 g/mol. The van der Waals surface area contributed by atoms with E-state index < -0.39 is 0 Å². The highest BCUT2D eigenvalue weighted by molar-refractivity contribution is 5.98. The van der Waals surface area contributed by atoms with Crippen molar-refractivity contribution in [1.82, 2.24) is 24.9 Å². The van der Waals surface area contributed by atoms with Gasteiger partial charge >= 0.3 is 0 Å². The van der Waals surface area contributed by atoms with Gasteiger partial charge in [0, 0.05) is 37.0 Å². The zero-order valence-corrected chi connectivity index (χ0v) is 16.1. The Labute approximate surface area is 168 Å². The summed E-state index contributed by atoms with van der Waals surface area (Å²) in [4.78, 5) is 31.4. The molecule has 7 nitrogen and oxygen atoms in total. The maximum atomic E-state index is 13.4. The molecule has 1 aromatic carbocycles. The van der Waals surface area contributed by atoms with Gasteiger partial charge in [-0.2, -0.15) is 15.0 Å². The molecule has 29 heavy (non-hydrogen) atoms. The quantitative estimate of drug-likeness (QED) is 0.684. The van der Waals surface area contributed by atoms with Crippen molar-refractivity contribution in [3.8, 4) is 17.5 Å². The molecule has 1 amide bonds. The molecule has 1 N–H and O–H groups in total. The zero-order chi connectivity index (χ0) is 20.2. The number of amides is 1. The molecule has 4 rings (SSSR count). The summed E-state index contributed by atoms with van der Waals surface area (Å²) in [5.74, 6) is 6.12. The minimum atomic E-state index is -0.103. The van der Waals surface area contributed by atoms with Crippen LogP contribution in [0.2, 0.25) is 0 Å². The van der Waals surface area contributed by atoms with Crippen LogP contribution >= 0.6 is 0 Å². The number of aromatic amines is 1. The lowest BCUT2D eigenvalue weighted by Gasteiger charge is -2.36. The van der Waals surface area contributed by atoms with Crippen LogP contribution in [0.5, 0.6) is 0 Å². The van der Waals surface area contributed by atoms with Gasteiger partial charge in [-0.15, -0.1) is 0 Å². The van der Waals surface area contributed by atoms with Crippen molar-refractivity contribution in [3.05, 3.63) is 76.5 Å². The standard InChI is InChI=1S/C22H21N5O2/c1-16-6-7-17(8-9-18-14-23-11-10-21(18)28)15-26(16)22(29)19-4-2-3-5-20(19)27-24-12-13-25-27/h2-5,10-14,16-17H,6-7,15H2,1H3,(H,23,28)/t16-,17+/m1/s1. The number of hydrogen-bond acceptors (Lipinski definition) is 4. The van der Waals surface area contributed by atoms with E-state index in [4.69, 9.17) is 0 Å². The van der Waals surface area contributed by atoms with E-state index in [0.717, 1.165) is 12.8 Å². The third kappa shape index (κ3) is 3.97. The first-order valence-corrected chi connectivity index (χ1v) is 9.59. The predicted octanol–water partition coefficient (Wildman–Crippen LogP) is 2.25. The zero-order valence-electron chi connectivity index (χ0n) is 16.1. The molecule has 0 bridgehead atoms. The molecule has 3 aromatic rings. The van der Waals surface area contributed by atoms with E-state index in [0.29, 0.717) is 23.4 Å². The number of carbonyl (C=O) groups is 1. The van der Waals surface area contributed by atoms with Gasteiger partial charge < -0.3 is 9.88 Å². The average molecular weight is 387 g/mol. The van der Waals surface area contributed by atoms with Crippen LogP contribution in [0.15, 0.2) is 59.9 Å². The molecule has 2 atom stereocenters. The van der Waals surface area contributed by atoms with Crippen LogP contribution in [0.1, 0.15) is 35.7 Å². The number of likely N-dealkylation sites (tertiary alicyclic amines) is 1. The molecule has 3 heterocycles. The van der Waals surface area contributed by atoms with Gasteiger partial charge in [0.2, 0.25) is 0 Å². The van der Waals surface area contributed by atoms with Crippen LogP contribution in [0, 0.1) is 17.8 Å². The third-order valence-electron chi connectivity index (χ3n) is 5.15. The van der Waals surface area contributed by atoms with E-state index in [-0.39, 0.29) is 23.3 Å². The smallest absolute Gasteiger partial charge is 0.256 e. The highest BCUT2D eigenvalue weighted by Gasteiger charge is 2.30. The number of hydrogen-bond donors (Lipinski definition) is 1. The van der Waals surface area contributed by atoms with Gasteiger partial charge in [0.05, 0.1) is 29.2 Å². The first kappa shape index (κ1) is 18.7. The molecule has 0 unspecified atom stereocenters. The van der Waals surface area contributed by atoms with Gasteiger partial charge in [0.1, 0.15) is 0 Å². The summed E-state index contributed by atoms with van der Waals surface area (Å²) in [7, 11) is 0. The Kier molecular flexibility index (Phi) is 5.25. The van der Waals surface area contributed by atoms with Gasteiger partial charge in [0.25, 0.3) is 5.91 Å². The maximum Gasteiger partial charge on any atom is 0.256 e. The van der Waals surface area contributed by atoms with Crippen LogP contribution < -0.4 is 5.43 Å². The van der Waals surface area contributed by atoms with Crippen molar-refractivity contribution in [2.45, 2.75) is 25.8 Å². The fourth-order valence-electron chi connectivity index (χ4n) is 3.53. The summed E-state index contributed by atoms with van der Waals surface area (Å²) in [6.07, 6.45) is 8.12. The Balaban J connectivity index is 1.58. The molecule has 1 aliphatic heterocycles. The predicted molar refractivity (Wildman–Crippen MR) is 109 cm³/mol. The van der Waals surface area contributed by atoms with E-state index in [1.54, 1.807) is 30.9 Å². The van der Waals surface area contributed by atoms with Gasteiger partial charge in [0.15, 0.2) is 5.43 Å². The normalized spacial score (nSPS) is 18.7. The summed E-state index contributed by atoms with van der Waals surface area (Å²) in [6, 6.07) is 8.91. The number of benzene rings is 1. The van der Waals surface area contributed by atoms with Crippen LogP contribution in [0.3, 0.4) is 0 Å². The molecule has 0 spiro atoms. The van der Waals surface area contributed by atoms with Gasteiger partial charge in [-0.25, -0.2) is 0 Å². The molecular formula is C22H21N5O2. The number of aromatic nitrogens is 4. The first-order chi connectivity index (χ1) is 14.1. The molecule has 0 radical (unpaired) electrons. The lowest BCUT2D eigenvalue weighted by molar-refractivity contribution is 0.0598. The van der Waals surface area contributed by atoms with Crippen molar-refractivity contribution >= 4 is 5.91 Å². The van der Waals surface area contributed by atoms with Crippen LogP contribution in [-0.4, -0.2) is 43.4 Å². The van der Waals surface area contributed by atoms with E-state index in [1.807, 2.05) is 23.1 Å². The van der Waals surface area contributed by atoms with Crippen LogP contribution in [0.4, 0.5) is 0 Å². The fraction of sp³-hybridized carbons (Fsp3) is 0.273. The highest BCUT2D eigenvalue weighted by atomic mass is 16.2. The number of piperidine rings is 1. The van der Waals surface area contributed by atoms with Gasteiger partial charge in [-0.1, -0.05) is 24.0 Å². The molecule has 2 aromatic heterocycles. The van der Waals surface area contributed by atoms with E-state index in [9.17, 15) is 9.59 Å². The fourth-order valence-corrected chi connectivity index (χ4v) is 3.53. The topological polar surface area (TPSA) is 83.9 Å². The molecule has 146 valence electrons. The maximum absolute atomic E-state index is 13.4. The number of nitrogens with zero attached hydrogens (tertiary/aromatic N) is 4. The Hall–Kier alpha value is -3.66. The molecule has 1 saturated heterocycles. The van der Waals surface area contributed by atoms with Crippen molar-refractivity contribution in [1.29, 1.82) is 0 Å². The van der Waals surface area contributed by atoms with E-state index in [2.05, 4.69) is 33.9 Å². The van der Waals surface area contributed by atoms with Gasteiger partial charge in [-0.3, -0.25) is 9.59 Å². The van der Waals surface area contributed by atoms with Crippen molar-refractivity contribution in [2.24, 2.45) is 5.92 Å². The lowest BCUT2D eigenvalue weighted by Crippen LogP contribution is -2.45. The van der Waals surface area contributed by atoms with Crippen molar-refractivity contribution < 1.29 is 4.79 Å². The van der Waals surface area contributed by atoms with E-state index in [1.165, 1.54) is 10.9 Å².